The van der Waals surface area contributed by atoms with Crippen molar-refractivity contribution in [1.82, 2.24) is 19.8 Å². The average Bonchev–Trinajstić information content (AvgIpc) is 3.47. The van der Waals surface area contributed by atoms with E-state index in [1.54, 1.807) is 12.5 Å². The molecule has 0 atom stereocenters. The smallest absolute Gasteiger partial charge is 0.251 e. The second-order valence-corrected chi connectivity index (χ2v) is 7.42. The maximum atomic E-state index is 12.2. The topological polar surface area (TPSA) is 63.3 Å². The molecule has 1 N–H and O–H groups in total. The van der Waals surface area contributed by atoms with Crippen LogP contribution in [0.3, 0.4) is 0 Å². The van der Waals surface area contributed by atoms with Crippen molar-refractivity contribution in [2.24, 2.45) is 0 Å². The zero-order valence-corrected chi connectivity index (χ0v) is 16.7. The summed E-state index contributed by atoms with van der Waals surface area (Å²) in [5.41, 5.74) is 5.16. The molecule has 3 heterocycles. The number of amides is 1. The first kappa shape index (κ1) is 17.9. The third-order valence-electron chi connectivity index (χ3n) is 6.02. The summed E-state index contributed by atoms with van der Waals surface area (Å²) in [5.74, 6) is 0.618. The third-order valence-corrected chi connectivity index (χ3v) is 6.02. The number of fused-ring (bicyclic) bond motifs is 5. The summed E-state index contributed by atoms with van der Waals surface area (Å²) in [6.45, 7) is 8.93. The number of hydrogen-bond donors (Lipinski definition) is 1. The van der Waals surface area contributed by atoms with Crippen molar-refractivity contribution in [2.45, 2.75) is 26.9 Å². The monoisotopic (exact) mass is 388 g/mol. The Morgan fingerprint density at radius 1 is 1.17 bits per heavy atom. The molecule has 1 aliphatic heterocycles. The number of carbonyl (C=O) groups is 1. The van der Waals surface area contributed by atoms with Crippen LogP contribution in [-0.4, -0.2) is 40.0 Å². The van der Waals surface area contributed by atoms with Crippen molar-refractivity contribution in [2.75, 3.05) is 19.6 Å². The van der Waals surface area contributed by atoms with E-state index in [-0.39, 0.29) is 5.91 Å². The molecule has 1 amide bonds. The van der Waals surface area contributed by atoms with Crippen molar-refractivity contribution in [1.29, 1.82) is 0 Å². The van der Waals surface area contributed by atoms with Gasteiger partial charge in [0.25, 0.3) is 5.91 Å². The van der Waals surface area contributed by atoms with E-state index in [1.807, 2.05) is 6.07 Å². The van der Waals surface area contributed by atoms with E-state index >= 15 is 0 Å². The summed E-state index contributed by atoms with van der Waals surface area (Å²) in [6, 6.07) is 10.4. The zero-order valence-electron chi connectivity index (χ0n) is 16.7. The number of carbonyl (C=O) groups excluding carboxylic acids is 1. The summed E-state index contributed by atoms with van der Waals surface area (Å²) in [4.78, 5) is 19.0. The molecule has 0 saturated carbocycles. The van der Waals surface area contributed by atoms with E-state index < -0.39 is 0 Å². The number of rotatable bonds is 6. The standard InChI is InChI=1S/C23H24N4O2/c1-3-26(4-2)10-11-27-19-7-5-15(23-24-9-12-29-23)13-17(19)21-18-14-25-22(28)16(18)6-8-20(21)27/h5-9,12-13H,3-4,10-11,14H2,1-2H3,(H,25,28). The number of nitrogens with one attached hydrogen (secondary N) is 1. The molecule has 0 fully saturated rings. The van der Waals surface area contributed by atoms with Crippen LogP contribution in [0, 0.1) is 0 Å². The van der Waals surface area contributed by atoms with Crippen LogP contribution in [0.5, 0.6) is 0 Å². The molecule has 6 nitrogen and oxygen atoms in total. The highest BCUT2D eigenvalue weighted by atomic mass is 16.3. The van der Waals surface area contributed by atoms with Crippen molar-refractivity contribution < 1.29 is 9.21 Å². The van der Waals surface area contributed by atoms with E-state index in [1.165, 1.54) is 11.0 Å². The molecule has 0 aliphatic carbocycles. The predicted molar refractivity (Wildman–Crippen MR) is 114 cm³/mol. The molecule has 0 unspecified atom stereocenters. The van der Waals surface area contributed by atoms with Crippen molar-refractivity contribution in [3.05, 3.63) is 53.9 Å². The summed E-state index contributed by atoms with van der Waals surface area (Å²) >= 11 is 0. The van der Waals surface area contributed by atoms with Gasteiger partial charge < -0.3 is 19.2 Å². The fraction of sp³-hybridized carbons (Fsp3) is 0.304. The lowest BCUT2D eigenvalue weighted by Crippen LogP contribution is -2.26. The maximum absolute atomic E-state index is 12.2. The molecule has 6 heteroatoms. The van der Waals surface area contributed by atoms with Crippen molar-refractivity contribution in [3.63, 3.8) is 0 Å². The van der Waals surface area contributed by atoms with Gasteiger partial charge in [0.05, 0.1) is 6.20 Å². The van der Waals surface area contributed by atoms with E-state index in [0.29, 0.717) is 12.4 Å². The van der Waals surface area contributed by atoms with Gasteiger partial charge in [0.2, 0.25) is 5.89 Å². The lowest BCUT2D eigenvalue weighted by Gasteiger charge is -2.19. The molecule has 5 rings (SSSR count). The Hall–Kier alpha value is -3.12. The SMILES string of the molecule is CCN(CC)CCn1c2ccc(-c3ncco3)cc2c2c3c(ccc21)C(=O)NC3. The molecule has 0 spiro atoms. The molecule has 29 heavy (non-hydrogen) atoms. The summed E-state index contributed by atoms with van der Waals surface area (Å²) in [7, 11) is 0. The van der Waals surface area contributed by atoms with Gasteiger partial charge in [-0.25, -0.2) is 4.98 Å². The highest BCUT2D eigenvalue weighted by Gasteiger charge is 2.25. The van der Waals surface area contributed by atoms with Crippen LogP contribution in [-0.2, 0) is 13.1 Å². The van der Waals surface area contributed by atoms with Gasteiger partial charge in [0.15, 0.2) is 0 Å². The lowest BCUT2D eigenvalue weighted by atomic mass is 10.0. The first-order valence-electron chi connectivity index (χ1n) is 10.2. The molecular formula is C23H24N4O2. The highest BCUT2D eigenvalue weighted by Crippen LogP contribution is 2.37. The van der Waals surface area contributed by atoms with Crippen molar-refractivity contribution in [3.8, 4) is 11.5 Å². The van der Waals surface area contributed by atoms with E-state index in [9.17, 15) is 4.79 Å². The Kier molecular flexibility index (Phi) is 4.36. The van der Waals surface area contributed by atoms with Crippen LogP contribution in [0.25, 0.3) is 33.3 Å². The fourth-order valence-electron chi connectivity index (χ4n) is 4.44. The Bertz CT molecular complexity index is 1200. The second kappa shape index (κ2) is 7.04. The molecule has 2 aromatic carbocycles. The minimum atomic E-state index is 0.00907. The molecule has 2 aromatic heterocycles. The molecular weight excluding hydrogens is 364 g/mol. The first-order chi connectivity index (χ1) is 14.2. The minimum Gasteiger partial charge on any atom is -0.445 e. The molecule has 0 radical (unpaired) electrons. The average molecular weight is 388 g/mol. The Morgan fingerprint density at radius 3 is 2.76 bits per heavy atom. The second-order valence-electron chi connectivity index (χ2n) is 7.42. The number of nitrogens with zero attached hydrogens (tertiary/aromatic N) is 3. The largest absolute Gasteiger partial charge is 0.445 e. The zero-order chi connectivity index (χ0) is 20.0. The van der Waals surface area contributed by atoms with Crippen molar-refractivity contribution >= 4 is 27.7 Å². The van der Waals surface area contributed by atoms with Crippen LogP contribution < -0.4 is 5.32 Å². The van der Waals surface area contributed by atoms with E-state index in [0.717, 1.165) is 53.6 Å². The molecule has 148 valence electrons. The van der Waals surface area contributed by atoms with Crippen LogP contribution in [0.4, 0.5) is 0 Å². The molecule has 0 saturated heterocycles. The van der Waals surface area contributed by atoms with Crippen LogP contribution >= 0.6 is 0 Å². The molecule has 0 bridgehead atoms. The Labute approximate surface area is 169 Å². The molecule has 1 aliphatic rings. The fourth-order valence-corrected chi connectivity index (χ4v) is 4.44. The summed E-state index contributed by atoms with van der Waals surface area (Å²) in [5, 5.41) is 5.27. The predicted octanol–water partition coefficient (Wildman–Crippen LogP) is 4.03. The number of benzene rings is 2. The normalized spacial score (nSPS) is 13.6. The summed E-state index contributed by atoms with van der Waals surface area (Å²) in [6.07, 6.45) is 3.25. The minimum absolute atomic E-state index is 0.00907. The van der Waals surface area contributed by atoms with E-state index in [2.05, 4.69) is 57.9 Å². The number of hydrogen-bond acceptors (Lipinski definition) is 4. The van der Waals surface area contributed by atoms with Gasteiger partial charge in [-0.1, -0.05) is 13.8 Å². The van der Waals surface area contributed by atoms with Gasteiger partial charge >= 0.3 is 0 Å². The van der Waals surface area contributed by atoms with Crippen LogP contribution in [0.2, 0.25) is 0 Å². The maximum Gasteiger partial charge on any atom is 0.251 e. The quantitative estimate of drug-likeness (QED) is 0.542. The first-order valence-corrected chi connectivity index (χ1v) is 10.2. The third kappa shape index (κ3) is 2.83. The van der Waals surface area contributed by atoms with E-state index in [4.69, 9.17) is 4.42 Å². The number of likely N-dealkylation sites (N-methyl/N-ethyl adjacent to an activating group) is 1. The van der Waals surface area contributed by atoms with Gasteiger partial charge in [0.1, 0.15) is 6.26 Å². The number of aromatic nitrogens is 2. The van der Waals surface area contributed by atoms with Crippen LogP contribution in [0.15, 0.2) is 47.2 Å². The molecule has 4 aromatic rings. The van der Waals surface area contributed by atoms with Crippen LogP contribution in [0.1, 0.15) is 29.8 Å². The Balaban J connectivity index is 1.74. The van der Waals surface area contributed by atoms with Gasteiger partial charge in [-0.3, -0.25) is 4.79 Å². The van der Waals surface area contributed by atoms with Gasteiger partial charge in [-0.05, 0) is 49.0 Å². The van der Waals surface area contributed by atoms with Gasteiger partial charge in [0, 0.05) is 52.6 Å². The highest BCUT2D eigenvalue weighted by molar-refractivity contribution is 6.15. The number of oxazole rings is 1. The lowest BCUT2D eigenvalue weighted by molar-refractivity contribution is 0.0966. The summed E-state index contributed by atoms with van der Waals surface area (Å²) < 4.78 is 7.89. The van der Waals surface area contributed by atoms with Gasteiger partial charge in [-0.15, -0.1) is 0 Å². The van der Waals surface area contributed by atoms with Gasteiger partial charge in [-0.2, -0.15) is 0 Å². The Morgan fingerprint density at radius 2 is 2.00 bits per heavy atom.